The van der Waals surface area contributed by atoms with Crippen molar-refractivity contribution in [2.24, 2.45) is 5.92 Å². The molecular weight excluding hydrogens is 188 g/mol. The number of hydrogen-bond acceptors (Lipinski definition) is 1. The molecule has 1 N–H and O–H groups in total. The average molecular weight is 204 g/mol. The Labute approximate surface area is 89.9 Å². The van der Waals surface area contributed by atoms with Gasteiger partial charge >= 0.3 is 5.97 Å². The SMILES string of the molecule is Cc1ccc(C)c2c1CC(CC(=O)O)C2. The number of hydrogen-bond donors (Lipinski definition) is 1. The summed E-state index contributed by atoms with van der Waals surface area (Å²) in [5.41, 5.74) is 5.40. The van der Waals surface area contributed by atoms with Crippen molar-refractivity contribution in [2.75, 3.05) is 0 Å². The Morgan fingerprint density at radius 1 is 1.27 bits per heavy atom. The predicted octanol–water partition coefficient (Wildman–Crippen LogP) is 2.49. The van der Waals surface area contributed by atoms with Crippen LogP contribution in [0.5, 0.6) is 0 Å². The molecule has 0 heterocycles. The normalized spacial score (nSPS) is 15.3. The van der Waals surface area contributed by atoms with Gasteiger partial charge in [0.05, 0.1) is 0 Å². The highest BCUT2D eigenvalue weighted by Crippen LogP contribution is 2.33. The van der Waals surface area contributed by atoms with Crippen LogP contribution in [0.1, 0.15) is 28.7 Å². The van der Waals surface area contributed by atoms with Crippen molar-refractivity contribution >= 4 is 5.97 Å². The molecule has 0 spiro atoms. The molecule has 80 valence electrons. The first-order valence-corrected chi connectivity index (χ1v) is 5.37. The van der Waals surface area contributed by atoms with E-state index in [0.717, 1.165) is 12.8 Å². The summed E-state index contributed by atoms with van der Waals surface area (Å²) in [4.78, 5) is 10.7. The molecule has 1 aromatic rings. The number of carboxylic acids is 1. The molecule has 2 rings (SSSR count). The monoisotopic (exact) mass is 204 g/mol. The number of rotatable bonds is 2. The molecule has 0 radical (unpaired) electrons. The van der Waals surface area contributed by atoms with Gasteiger partial charge in [0.2, 0.25) is 0 Å². The Hall–Kier alpha value is -1.31. The second-order valence-electron chi connectivity index (χ2n) is 4.53. The largest absolute Gasteiger partial charge is 0.481 e. The molecule has 15 heavy (non-hydrogen) atoms. The Bertz CT molecular complexity index is 376. The van der Waals surface area contributed by atoms with Gasteiger partial charge < -0.3 is 5.11 Å². The Morgan fingerprint density at radius 2 is 1.73 bits per heavy atom. The second kappa shape index (κ2) is 3.69. The Morgan fingerprint density at radius 3 is 2.13 bits per heavy atom. The lowest BCUT2D eigenvalue weighted by atomic mass is 10.0. The molecule has 0 saturated carbocycles. The van der Waals surface area contributed by atoms with Gasteiger partial charge in [0.1, 0.15) is 0 Å². The van der Waals surface area contributed by atoms with Crippen LogP contribution in [-0.2, 0) is 17.6 Å². The summed E-state index contributed by atoms with van der Waals surface area (Å²) in [6.45, 7) is 4.23. The van der Waals surface area contributed by atoms with Crippen LogP contribution in [-0.4, -0.2) is 11.1 Å². The first-order valence-electron chi connectivity index (χ1n) is 5.37. The molecule has 0 unspecified atom stereocenters. The minimum atomic E-state index is -0.678. The molecule has 1 aliphatic rings. The summed E-state index contributed by atoms with van der Waals surface area (Å²) >= 11 is 0. The predicted molar refractivity (Wildman–Crippen MR) is 59.1 cm³/mol. The van der Waals surface area contributed by atoms with E-state index in [1.165, 1.54) is 22.3 Å². The van der Waals surface area contributed by atoms with Gasteiger partial charge in [-0.15, -0.1) is 0 Å². The highest BCUT2D eigenvalue weighted by molar-refractivity contribution is 5.67. The first-order chi connectivity index (χ1) is 7.08. The van der Waals surface area contributed by atoms with E-state index in [0.29, 0.717) is 12.3 Å². The molecule has 0 fully saturated rings. The highest BCUT2D eigenvalue weighted by Gasteiger charge is 2.25. The lowest BCUT2D eigenvalue weighted by Crippen LogP contribution is -2.07. The second-order valence-corrected chi connectivity index (χ2v) is 4.53. The van der Waals surface area contributed by atoms with Gasteiger partial charge in [0, 0.05) is 6.42 Å². The van der Waals surface area contributed by atoms with E-state index in [1.54, 1.807) is 0 Å². The average Bonchev–Trinajstić information content (AvgIpc) is 2.55. The van der Waals surface area contributed by atoms with Crippen LogP contribution in [0.25, 0.3) is 0 Å². The topological polar surface area (TPSA) is 37.3 Å². The molecule has 2 nitrogen and oxygen atoms in total. The zero-order valence-corrected chi connectivity index (χ0v) is 9.21. The minimum absolute atomic E-state index is 0.299. The van der Waals surface area contributed by atoms with Crippen LogP contribution in [0.2, 0.25) is 0 Å². The molecule has 0 aromatic heterocycles. The van der Waals surface area contributed by atoms with Crippen LogP contribution in [0.3, 0.4) is 0 Å². The molecule has 0 saturated heterocycles. The number of fused-ring (bicyclic) bond motifs is 1. The quantitative estimate of drug-likeness (QED) is 0.803. The zero-order valence-electron chi connectivity index (χ0n) is 9.21. The third-order valence-electron chi connectivity index (χ3n) is 3.35. The van der Waals surface area contributed by atoms with Crippen molar-refractivity contribution in [1.82, 2.24) is 0 Å². The van der Waals surface area contributed by atoms with Gasteiger partial charge in [-0.1, -0.05) is 12.1 Å². The maximum absolute atomic E-state index is 10.7. The fraction of sp³-hybridized carbons (Fsp3) is 0.462. The van der Waals surface area contributed by atoms with Crippen LogP contribution in [0.15, 0.2) is 12.1 Å². The van der Waals surface area contributed by atoms with Crippen molar-refractivity contribution in [1.29, 1.82) is 0 Å². The summed E-state index contributed by atoms with van der Waals surface area (Å²) in [7, 11) is 0. The molecule has 0 amide bonds. The van der Waals surface area contributed by atoms with Crippen molar-refractivity contribution in [3.8, 4) is 0 Å². The maximum Gasteiger partial charge on any atom is 0.303 e. The van der Waals surface area contributed by atoms with E-state index in [2.05, 4.69) is 26.0 Å². The summed E-state index contributed by atoms with van der Waals surface area (Å²) in [5.74, 6) is -0.375. The van der Waals surface area contributed by atoms with E-state index in [-0.39, 0.29) is 0 Å². The molecule has 0 aliphatic heterocycles. The number of aryl methyl sites for hydroxylation is 2. The third-order valence-corrected chi connectivity index (χ3v) is 3.35. The summed E-state index contributed by atoms with van der Waals surface area (Å²) in [6.07, 6.45) is 2.18. The van der Waals surface area contributed by atoms with Gasteiger partial charge in [-0.25, -0.2) is 0 Å². The number of carboxylic acid groups (broad SMARTS) is 1. The van der Waals surface area contributed by atoms with Gasteiger partial charge in [-0.3, -0.25) is 4.79 Å². The number of carbonyl (C=O) groups is 1. The van der Waals surface area contributed by atoms with E-state index >= 15 is 0 Å². The van der Waals surface area contributed by atoms with Gasteiger partial charge in [-0.2, -0.15) is 0 Å². The molecular formula is C13H16O2. The van der Waals surface area contributed by atoms with Crippen molar-refractivity contribution in [3.63, 3.8) is 0 Å². The molecule has 2 heteroatoms. The fourth-order valence-electron chi connectivity index (χ4n) is 2.54. The van der Waals surface area contributed by atoms with E-state index in [4.69, 9.17) is 5.11 Å². The highest BCUT2D eigenvalue weighted by atomic mass is 16.4. The van der Waals surface area contributed by atoms with Gasteiger partial charge in [0.15, 0.2) is 0 Å². The molecule has 1 aliphatic carbocycles. The number of aliphatic carboxylic acids is 1. The van der Waals surface area contributed by atoms with E-state index in [1.807, 2.05) is 0 Å². The van der Waals surface area contributed by atoms with Gasteiger partial charge in [-0.05, 0) is 54.9 Å². The third kappa shape index (κ3) is 1.89. The number of benzene rings is 1. The van der Waals surface area contributed by atoms with Crippen LogP contribution < -0.4 is 0 Å². The van der Waals surface area contributed by atoms with Crippen LogP contribution in [0, 0.1) is 19.8 Å². The lowest BCUT2D eigenvalue weighted by molar-refractivity contribution is -0.138. The molecule has 0 bridgehead atoms. The summed E-state index contributed by atoms with van der Waals surface area (Å²) < 4.78 is 0. The van der Waals surface area contributed by atoms with Crippen LogP contribution in [0.4, 0.5) is 0 Å². The Balaban J connectivity index is 2.26. The van der Waals surface area contributed by atoms with Gasteiger partial charge in [0.25, 0.3) is 0 Å². The van der Waals surface area contributed by atoms with Crippen molar-refractivity contribution in [3.05, 3.63) is 34.4 Å². The summed E-state index contributed by atoms with van der Waals surface area (Å²) in [5, 5.41) is 8.79. The maximum atomic E-state index is 10.7. The molecule has 0 atom stereocenters. The first kappa shape index (κ1) is 10.2. The van der Waals surface area contributed by atoms with Crippen molar-refractivity contribution in [2.45, 2.75) is 33.1 Å². The van der Waals surface area contributed by atoms with Crippen molar-refractivity contribution < 1.29 is 9.90 Å². The minimum Gasteiger partial charge on any atom is -0.481 e. The standard InChI is InChI=1S/C13H16O2/c1-8-3-4-9(2)12-6-10(5-11(8)12)7-13(14)15/h3-4,10H,5-7H2,1-2H3,(H,14,15). The Kier molecular flexibility index (Phi) is 2.51. The van der Waals surface area contributed by atoms with Crippen LogP contribution >= 0.6 is 0 Å². The van der Waals surface area contributed by atoms with E-state index < -0.39 is 5.97 Å². The molecule has 1 aromatic carbocycles. The zero-order chi connectivity index (χ0) is 11.0. The summed E-state index contributed by atoms with van der Waals surface area (Å²) in [6, 6.07) is 4.27. The smallest absolute Gasteiger partial charge is 0.303 e. The lowest BCUT2D eigenvalue weighted by Gasteiger charge is -2.05. The fourth-order valence-corrected chi connectivity index (χ4v) is 2.54. The van der Waals surface area contributed by atoms with E-state index in [9.17, 15) is 4.79 Å².